The highest BCUT2D eigenvalue weighted by molar-refractivity contribution is 7.92. The van der Waals surface area contributed by atoms with Gasteiger partial charge in [0.05, 0.1) is 32.2 Å². The Hall–Kier alpha value is -2.45. The van der Waals surface area contributed by atoms with E-state index in [0.717, 1.165) is 16.1 Å². The average molecular weight is 441 g/mol. The number of carbonyl (C=O) groups excluding carboxylic acids is 1. The predicted molar refractivity (Wildman–Crippen MR) is 114 cm³/mol. The van der Waals surface area contributed by atoms with E-state index >= 15 is 0 Å². The maximum absolute atomic E-state index is 12.8. The molecule has 1 amide bonds. The van der Waals surface area contributed by atoms with E-state index in [2.05, 4.69) is 5.32 Å². The number of benzene rings is 2. The zero-order valence-corrected chi connectivity index (χ0v) is 18.5. The van der Waals surface area contributed by atoms with Crippen LogP contribution in [0.15, 0.2) is 42.5 Å². The zero-order valence-electron chi connectivity index (χ0n) is 17.0. The van der Waals surface area contributed by atoms with Crippen molar-refractivity contribution >= 4 is 33.2 Å². The highest BCUT2D eigenvalue weighted by atomic mass is 35.5. The van der Waals surface area contributed by atoms with E-state index in [9.17, 15) is 13.2 Å². The number of methoxy groups -OCH3 is 2. The van der Waals surface area contributed by atoms with E-state index < -0.39 is 22.0 Å². The molecule has 2 rings (SSSR count). The van der Waals surface area contributed by atoms with Crippen LogP contribution in [0.3, 0.4) is 0 Å². The lowest BCUT2D eigenvalue weighted by molar-refractivity contribution is -0.122. The molecule has 0 spiro atoms. The Kier molecular flexibility index (Phi) is 7.37. The number of rotatable bonds is 8. The molecule has 0 saturated carbocycles. The Balaban J connectivity index is 2.25. The van der Waals surface area contributed by atoms with Crippen molar-refractivity contribution in [3.8, 4) is 11.5 Å². The molecule has 0 heterocycles. The van der Waals surface area contributed by atoms with Gasteiger partial charge in [-0.25, -0.2) is 8.42 Å². The molecule has 1 N–H and O–H groups in total. The van der Waals surface area contributed by atoms with Crippen molar-refractivity contribution in [2.75, 3.05) is 24.8 Å². The molecule has 9 heteroatoms. The summed E-state index contributed by atoms with van der Waals surface area (Å²) in [7, 11) is -0.650. The number of nitrogens with zero attached hydrogens (tertiary/aromatic N) is 1. The van der Waals surface area contributed by atoms with Gasteiger partial charge in [0.15, 0.2) is 11.5 Å². The first-order valence-electron chi connectivity index (χ1n) is 8.85. The zero-order chi connectivity index (χ0) is 21.8. The van der Waals surface area contributed by atoms with Crippen LogP contribution in [0.1, 0.15) is 25.5 Å². The number of ether oxygens (including phenoxy) is 2. The molecule has 0 saturated heterocycles. The van der Waals surface area contributed by atoms with E-state index in [1.165, 1.54) is 20.1 Å². The Morgan fingerprint density at radius 3 is 2.28 bits per heavy atom. The van der Waals surface area contributed by atoms with Gasteiger partial charge in [-0.15, -0.1) is 0 Å². The van der Waals surface area contributed by atoms with Crippen LogP contribution in [0.25, 0.3) is 0 Å². The fraction of sp³-hybridized carbons (Fsp3) is 0.350. The molecule has 2 atom stereocenters. The van der Waals surface area contributed by atoms with E-state index in [-0.39, 0.29) is 6.04 Å². The molecule has 0 aromatic heterocycles. The fourth-order valence-corrected chi connectivity index (χ4v) is 4.31. The van der Waals surface area contributed by atoms with Crippen molar-refractivity contribution in [2.24, 2.45) is 0 Å². The number of halogens is 1. The van der Waals surface area contributed by atoms with Gasteiger partial charge in [-0.05, 0) is 49.7 Å². The minimum Gasteiger partial charge on any atom is -0.493 e. The lowest BCUT2D eigenvalue weighted by atomic mass is 10.1. The summed E-state index contributed by atoms with van der Waals surface area (Å²) in [5.41, 5.74) is 1.11. The summed E-state index contributed by atoms with van der Waals surface area (Å²) < 4.78 is 36.3. The number of amides is 1. The highest BCUT2D eigenvalue weighted by Gasteiger charge is 2.30. The molecule has 29 heavy (non-hydrogen) atoms. The van der Waals surface area contributed by atoms with Crippen molar-refractivity contribution < 1.29 is 22.7 Å². The summed E-state index contributed by atoms with van der Waals surface area (Å²) in [5, 5.41) is 3.22. The molecule has 0 aliphatic heterocycles. The van der Waals surface area contributed by atoms with Crippen LogP contribution in [0, 0.1) is 0 Å². The summed E-state index contributed by atoms with van der Waals surface area (Å²) in [6.45, 7) is 3.33. The number of carbonyl (C=O) groups is 1. The van der Waals surface area contributed by atoms with Crippen molar-refractivity contribution in [1.82, 2.24) is 5.32 Å². The molecule has 0 aliphatic rings. The topological polar surface area (TPSA) is 84.9 Å². The normalized spacial score (nSPS) is 13.3. The van der Waals surface area contributed by atoms with Gasteiger partial charge in [-0.3, -0.25) is 9.10 Å². The molecular formula is C20H25ClN2O5S. The minimum atomic E-state index is -3.72. The molecule has 0 aliphatic carbocycles. The molecule has 0 fully saturated rings. The molecule has 2 aromatic carbocycles. The number of hydrogen-bond donors (Lipinski definition) is 1. The van der Waals surface area contributed by atoms with E-state index in [0.29, 0.717) is 22.2 Å². The van der Waals surface area contributed by atoms with Crippen LogP contribution in [0.2, 0.25) is 5.02 Å². The van der Waals surface area contributed by atoms with E-state index in [4.69, 9.17) is 21.1 Å². The first-order valence-corrected chi connectivity index (χ1v) is 11.1. The van der Waals surface area contributed by atoms with Gasteiger partial charge < -0.3 is 14.8 Å². The quantitative estimate of drug-likeness (QED) is 0.680. The van der Waals surface area contributed by atoms with Crippen molar-refractivity contribution in [3.05, 3.63) is 53.1 Å². The maximum atomic E-state index is 12.8. The maximum Gasteiger partial charge on any atom is 0.244 e. The summed E-state index contributed by atoms with van der Waals surface area (Å²) in [6, 6.07) is 10.3. The second-order valence-electron chi connectivity index (χ2n) is 6.56. The van der Waals surface area contributed by atoms with Gasteiger partial charge in [0.2, 0.25) is 15.9 Å². The minimum absolute atomic E-state index is 0.321. The molecule has 2 aromatic rings. The van der Waals surface area contributed by atoms with Crippen LogP contribution in [0.4, 0.5) is 5.69 Å². The molecule has 0 unspecified atom stereocenters. The third-order valence-electron chi connectivity index (χ3n) is 4.42. The van der Waals surface area contributed by atoms with Crippen molar-refractivity contribution in [3.63, 3.8) is 0 Å². The Bertz CT molecular complexity index is 981. The van der Waals surface area contributed by atoms with Crippen LogP contribution >= 0.6 is 11.6 Å². The molecule has 0 bridgehead atoms. The fourth-order valence-electron chi connectivity index (χ4n) is 2.96. The van der Waals surface area contributed by atoms with Gasteiger partial charge >= 0.3 is 0 Å². The Labute approximate surface area is 176 Å². The van der Waals surface area contributed by atoms with Crippen LogP contribution < -0.4 is 19.1 Å². The Morgan fingerprint density at radius 2 is 1.72 bits per heavy atom. The number of sulfonamides is 1. The largest absolute Gasteiger partial charge is 0.493 e. The smallest absolute Gasteiger partial charge is 0.244 e. The van der Waals surface area contributed by atoms with E-state index in [1.807, 2.05) is 6.07 Å². The highest BCUT2D eigenvalue weighted by Crippen LogP contribution is 2.30. The summed E-state index contributed by atoms with van der Waals surface area (Å²) in [5.74, 6) is 0.667. The molecule has 0 radical (unpaired) electrons. The van der Waals surface area contributed by atoms with Gasteiger partial charge in [0.1, 0.15) is 6.04 Å². The first-order chi connectivity index (χ1) is 13.6. The predicted octanol–water partition coefficient (Wildman–Crippen LogP) is 3.39. The lowest BCUT2D eigenvalue weighted by Crippen LogP contribution is -2.48. The summed E-state index contributed by atoms with van der Waals surface area (Å²) in [4.78, 5) is 12.8. The SMILES string of the molecule is COc1ccc([C@H](C)NC(=O)[C@H](C)N(c2cccc(Cl)c2)S(C)(=O)=O)cc1OC. The van der Waals surface area contributed by atoms with Crippen LogP contribution in [-0.2, 0) is 14.8 Å². The standard InChI is InChI=1S/C20H25ClN2O5S/c1-13(15-9-10-18(27-3)19(11-15)28-4)22-20(24)14(2)23(29(5,25)26)17-8-6-7-16(21)12-17/h6-14H,1-5H3,(H,22,24)/t13-,14-/m0/s1. The number of hydrogen-bond acceptors (Lipinski definition) is 5. The van der Waals surface area contributed by atoms with Crippen LogP contribution in [0.5, 0.6) is 11.5 Å². The number of anilines is 1. The van der Waals surface area contributed by atoms with Gasteiger partial charge in [-0.2, -0.15) is 0 Å². The van der Waals surface area contributed by atoms with Crippen molar-refractivity contribution in [2.45, 2.75) is 25.9 Å². The average Bonchev–Trinajstić information content (AvgIpc) is 2.66. The number of nitrogens with one attached hydrogen (secondary N) is 1. The third-order valence-corrected chi connectivity index (χ3v) is 5.89. The second kappa shape index (κ2) is 9.37. The molecule has 158 valence electrons. The van der Waals surface area contributed by atoms with E-state index in [1.54, 1.807) is 44.4 Å². The van der Waals surface area contributed by atoms with Gasteiger partial charge in [0, 0.05) is 5.02 Å². The second-order valence-corrected chi connectivity index (χ2v) is 8.86. The third kappa shape index (κ3) is 5.55. The summed E-state index contributed by atoms with van der Waals surface area (Å²) in [6.07, 6.45) is 1.05. The summed E-state index contributed by atoms with van der Waals surface area (Å²) >= 11 is 6.00. The van der Waals surface area contributed by atoms with Crippen molar-refractivity contribution in [1.29, 1.82) is 0 Å². The molecular weight excluding hydrogens is 416 g/mol. The first kappa shape index (κ1) is 22.8. The lowest BCUT2D eigenvalue weighted by Gasteiger charge is -2.29. The molecule has 7 nitrogen and oxygen atoms in total. The monoisotopic (exact) mass is 440 g/mol. The van der Waals surface area contributed by atoms with Crippen LogP contribution in [-0.4, -0.2) is 40.8 Å². The van der Waals surface area contributed by atoms with Gasteiger partial charge in [-0.1, -0.05) is 23.7 Å². The Morgan fingerprint density at radius 1 is 1.07 bits per heavy atom. The van der Waals surface area contributed by atoms with Gasteiger partial charge in [0.25, 0.3) is 0 Å².